The van der Waals surface area contributed by atoms with E-state index in [1.807, 2.05) is 0 Å². The number of carbonyl (C=O) groups excluding carboxylic acids is 10. The molecule has 0 unspecified atom stereocenters. The predicted molar refractivity (Wildman–Crippen MR) is 338 cm³/mol. The van der Waals surface area contributed by atoms with Gasteiger partial charge in [0.25, 0.3) is 0 Å². The van der Waals surface area contributed by atoms with Gasteiger partial charge in [0, 0.05) is 63.2 Å². The summed E-state index contributed by atoms with van der Waals surface area (Å²) in [5.41, 5.74) is 23.9. The van der Waals surface area contributed by atoms with Crippen LogP contribution < -0.4 is 60.2 Å². The van der Waals surface area contributed by atoms with Crippen molar-refractivity contribution in [2.45, 2.75) is 151 Å². The Balaban J connectivity index is 1.41. The summed E-state index contributed by atoms with van der Waals surface area (Å²) < 4.78 is 0. The van der Waals surface area contributed by atoms with Crippen molar-refractivity contribution < 1.29 is 68.1 Å². The van der Waals surface area contributed by atoms with Crippen molar-refractivity contribution in [3.05, 3.63) is 102 Å². The third-order valence-electron chi connectivity index (χ3n) is 15.5. The molecular weight excluding hydrogens is 1200 g/mol. The monoisotopic (exact) mass is 1290 g/mol. The molecule has 0 aromatic heterocycles. The Kier molecular flexibility index (Phi) is 28.6. The average Bonchev–Trinajstić information content (AvgIpc) is 2.33. The number of phenolic OH excluding ortho intramolecular Hbond substituents is 1. The molecule has 3 aromatic carbocycles. The van der Waals surface area contributed by atoms with E-state index in [1.54, 1.807) is 74.5 Å². The van der Waals surface area contributed by atoms with Crippen LogP contribution in [0.5, 0.6) is 5.75 Å². The van der Waals surface area contributed by atoms with E-state index in [0.29, 0.717) is 29.5 Å². The number of hydrogen-bond donors (Lipinski definition) is 16. The Hall–Kier alpha value is -8.48. The fraction of sp³-hybridized carbons (Fsp3) is 0.500. The minimum Gasteiger partial charge on any atom is -0.508 e. The van der Waals surface area contributed by atoms with E-state index in [-0.39, 0.29) is 94.2 Å². The lowest BCUT2D eigenvalue weighted by molar-refractivity contribution is -0.148. The number of benzene rings is 3. The van der Waals surface area contributed by atoms with Crippen LogP contribution in [-0.2, 0) is 72.0 Å². The van der Waals surface area contributed by atoms with Crippen LogP contribution >= 0.6 is 25.3 Å². The maximum atomic E-state index is 15.2. The van der Waals surface area contributed by atoms with E-state index in [4.69, 9.17) is 22.9 Å². The number of phenols is 1. The Morgan fingerprint density at radius 2 is 1.12 bits per heavy atom. The number of carboxylic acids is 1. The summed E-state index contributed by atoms with van der Waals surface area (Å²) in [7, 11) is 0. The topological polar surface area (TPSA) is 456 Å². The van der Waals surface area contributed by atoms with Gasteiger partial charge in [0.2, 0.25) is 59.1 Å². The Morgan fingerprint density at radius 1 is 0.622 bits per heavy atom. The van der Waals surface area contributed by atoms with Gasteiger partial charge in [-0.25, -0.2) is 4.79 Å². The first-order valence-corrected chi connectivity index (χ1v) is 30.9. The van der Waals surface area contributed by atoms with E-state index in [9.17, 15) is 63.3 Å². The fourth-order valence-corrected chi connectivity index (χ4v) is 10.8. The second-order valence-electron chi connectivity index (χ2n) is 22.3. The highest BCUT2D eigenvalue weighted by Crippen LogP contribution is 2.27. The van der Waals surface area contributed by atoms with Crippen LogP contribution in [0.25, 0.3) is 0 Å². The molecule has 0 spiro atoms. The molecule has 2 fully saturated rings. The standard InChI is InChI=1S/C60H84N14O14S2/c1-3-33(2)49(56(84)69-43(26-34-12-6-4-7-13-34)54(82)71-45(32-90)59(87)88)72-55(83)47-29-38(76)30-74(47)58(86)46-17-11-25-73(46)57(85)44(28-35-14-8-5-9-15-35)70-53(81)42(27-36-18-20-37(75)21-19-36)68-52(80)41(22-23-48(62)77)67-51(79)40(16-10-24-65-60(63)64)66-50(78)39(61)31-89/h4-9,12-15,18-21,33,38-47,49,75-76,89-90H,3,10-11,16-17,22-32,61H2,1-2H3,(H2,62,77)(H,66,78)(H,67,79)(H,68,80)(H,69,84)(H,70,81)(H,71,82)(H,72,83)(H,87,88)(H4,63,64,65)/t33-,38+,39-,40-,41-,42-,43-,44-,45-,46-,47-,49-/m0/s1. The lowest BCUT2D eigenvalue weighted by atomic mass is 9.96. The summed E-state index contributed by atoms with van der Waals surface area (Å²) in [6.07, 6.45) is -1.81. The highest BCUT2D eigenvalue weighted by molar-refractivity contribution is 7.80. The lowest BCUT2D eigenvalue weighted by Crippen LogP contribution is -2.61. The molecule has 18 N–H and O–H groups in total. The molecule has 0 radical (unpaired) electrons. The van der Waals surface area contributed by atoms with Crippen LogP contribution in [0, 0.1) is 5.92 Å². The summed E-state index contributed by atoms with van der Waals surface area (Å²) in [5, 5.41) is 49.3. The molecule has 2 aliphatic rings. The average molecular weight is 1290 g/mol. The summed E-state index contributed by atoms with van der Waals surface area (Å²) in [4.78, 5) is 159. The van der Waals surface area contributed by atoms with Gasteiger partial charge >= 0.3 is 5.97 Å². The van der Waals surface area contributed by atoms with Crippen molar-refractivity contribution in [2.75, 3.05) is 31.1 Å². The minimum atomic E-state index is -1.56. The number of aliphatic hydroxyl groups is 1. The number of aliphatic carboxylic acids is 1. The molecule has 0 saturated carbocycles. The van der Waals surface area contributed by atoms with E-state index in [0.717, 1.165) is 4.90 Å². The van der Waals surface area contributed by atoms with Crippen molar-refractivity contribution in [1.82, 2.24) is 47.0 Å². The molecule has 10 amide bonds. The largest absolute Gasteiger partial charge is 0.508 e. The second-order valence-corrected chi connectivity index (χ2v) is 23.1. The number of nitrogens with one attached hydrogen (secondary N) is 7. The number of amides is 10. The summed E-state index contributed by atoms with van der Waals surface area (Å²) in [6, 6.07) is 9.39. The maximum Gasteiger partial charge on any atom is 0.327 e. The van der Waals surface area contributed by atoms with Gasteiger partial charge in [0.05, 0.1) is 12.1 Å². The molecular formula is C60H84N14O14S2. The minimum absolute atomic E-state index is 0.0179. The molecule has 3 aromatic rings. The van der Waals surface area contributed by atoms with Crippen LogP contribution in [0.2, 0.25) is 0 Å². The number of hydrogen-bond acceptors (Lipinski definition) is 17. The molecule has 0 aliphatic carbocycles. The van der Waals surface area contributed by atoms with Gasteiger partial charge in [-0.15, -0.1) is 0 Å². The molecule has 12 atom stereocenters. The number of aliphatic hydroxyl groups excluding tert-OH is 1. The molecule has 90 heavy (non-hydrogen) atoms. The van der Waals surface area contributed by atoms with Gasteiger partial charge in [0.15, 0.2) is 5.96 Å². The molecule has 5 rings (SSSR count). The summed E-state index contributed by atoms with van der Waals surface area (Å²) in [5.74, 6) is -10.7. The van der Waals surface area contributed by atoms with Crippen molar-refractivity contribution >= 4 is 96.3 Å². The van der Waals surface area contributed by atoms with Crippen molar-refractivity contribution in [1.29, 1.82) is 0 Å². The SMILES string of the molecule is CC[C@H](C)[C@H](NC(=O)[C@@H]1C[C@@H](O)CN1C(=O)[C@@H]1CCCN1C(=O)[C@H](Cc1ccccc1)NC(=O)[C@H](Cc1ccc(O)cc1)NC(=O)[C@H](CCC(N)=O)NC(=O)[C@H](CCCN=C(N)N)NC(=O)[C@@H](N)CS)C(=O)N[C@@H](Cc1ccccc1)C(=O)N[C@@H](CS)C(=O)O. The van der Waals surface area contributed by atoms with E-state index in [1.165, 1.54) is 29.2 Å². The summed E-state index contributed by atoms with van der Waals surface area (Å²) >= 11 is 8.11. The molecule has 0 bridgehead atoms. The number of carboxylic acid groups (broad SMARTS) is 1. The Bertz CT molecular complexity index is 3000. The van der Waals surface area contributed by atoms with Gasteiger partial charge in [-0.3, -0.25) is 52.9 Å². The molecule has 2 saturated heterocycles. The maximum absolute atomic E-state index is 15.2. The highest BCUT2D eigenvalue weighted by Gasteiger charge is 2.47. The second kappa shape index (κ2) is 35.6. The number of β-amino-alcohol motifs (C(OH)–C–C–N with tert-alkyl or cyclic N) is 1. The zero-order chi connectivity index (χ0) is 66.2. The molecule has 490 valence electrons. The first-order valence-electron chi connectivity index (χ1n) is 29.6. The number of aromatic hydroxyl groups is 1. The van der Waals surface area contributed by atoms with Crippen LogP contribution in [-0.4, -0.2) is 194 Å². The number of aliphatic imine (C=N–C) groups is 1. The third-order valence-corrected chi connectivity index (χ3v) is 16.3. The van der Waals surface area contributed by atoms with E-state index < -0.39 is 144 Å². The third kappa shape index (κ3) is 21.9. The number of nitrogens with two attached hydrogens (primary N) is 4. The van der Waals surface area contributed by atoms with Crippen LogP contribution in [0.15, 0.2) is 89.9 Å². The van der Waals surface area contributed by atoms with Gasteiger partial charge in [-0.2, -0.15) is 25.3 Å². The van der Waals surface area contributed by atoms with Gasteiger partial charge in [-0.1, -0.05) is 93.1 Å². The van der Waals surface area contributed by atoms with Crippen LogP contribution in [0.1, 0.15) is 81.9 Å². The van der Waals surface area contributed by atoms with Gasteiger partial charge in [0.1, 0.15) is 60.1 Å². The zero-order valence-corrected chi connectivity index (χ0v) is 52.0. The Morgan fingerprint density at radius 3 is 1.66 bits per heavy atom. The quantitative estimate of drug-likeness (QED) is 0.0126. The molecule has 28 nitrogen and oxygen atoms in total. The van der Waals surface area contributed by atoms with E-state index in [2.05, 4.69) is 67.5 Å². The van der Waals surface area contributed by atoms with Gasteiger partial charge in [-0.05, 0) is 66.8 Å². The molecule has 2 heterocycles. The molecule has 2 aliphatic heterocycles. The normalized spacial score (nSPS) is 18.3. The predicted octanol–water partition coefficient (Wildman–Crippen LogP) is -2.60. The number of thiol groups is 2. The zero-order valence-electron chi connectivity index (χ0n) is 50.2. The Labute approximate surface area is 532 Å². The number of likely N-dealkylation sites (tertiary alicyclic amines) is 2. The van der Waals surface area contributed by atoms with E-state index >= 15 is 4.79 Å². The smallest absolute Gasteiger partial charge is 0.327 e. The first kappa shape index (κ1) is 72.3. The molecule has 30 heteroatoms. The number of nitrogens with zero attached hydrogens (tertiary/aromatic N) is 3. The van der Waals surface area contributed by atoms with Crippen LogP contribution in [0.4, 0.5) is 0 Å². The number of guanidine groups is 1. The summed E-state index contributed by atoms with van der Waals surface area (Å²) in [6.45, 7) is 3.22. The van der Waals surface area contributed by atoms with Crippen molar-refractivity contribution in [3.63, 3.8) is 0 Å². The van der Waals surface area contributed by atoms with Crippen LogP contribution in [0.3, 0.4) is 0 Å². The van der Waals surface area contributed by atoms with Gasteiger partial charge < -0.3 is 85.3 Å². The lowest BCUT2D eigenvalue weighted by Gasteiger charge is -2.34. The number of rotatable bonds is 34. The van der Waals surface area contributed by atoms with Crippen molar-refractivity contribution in [2.24, 2.45) is 33.8 Å². The fourth-order valence-electron chi connectivity index (χ4n) is 10.3. The number of primary amides is 1. The first-order chi connectivity index (χ1) is 42.8. The number of carbonyl (C=O) groups is 11. The van der Waals surface area contributed by atoms with Crippen molar-refractivity contribution in [3.8, 4) is 5.75 Å². The highest BCUT2D eigenvalue weighted by atomic mass is 32.1.